The summed E-state index contributed by atoms with van der Waals surface area (Å²) in [5, 5.41) is 21.2. The third-order valence-electron chi connectivity index (χ3n) is 4.12. The molecule has 0 aliphatic carbocycles. The van der Waals surface area contributed by atoms with Gasteiger partial charge in [0.2, 0.25) is 5.88 Å². The lowest BCUT2D eigenvalue weighted by atomic mass is 10.1. The highest BCUT2D eigenvalue weighted by molar-refractivity contribution is 6.30. The van der Waals surface area contributed by atoms with E-state index in [9.17, 15) is 9.90 Å². The topological polar surface area (TPSA) is 102 Å². The second-order valence-corrected chi connectivity index (χ2v) is 6.57. The number of benzene rings is 1. The molecule has 0 radical (unpaired) electrons. The van der Waals surface area contributed by atoms with Gasteiger partial charge in [-0.2, -0.15) is 0 Å². The minimum Gasteiger partial charge on any atom is -0.471 e. The van der Waals surface area contributed by atoms with E-state index in [-0.39, 0.29) is 25.0 Å². The van der Waals surface area contributed by atoms with Gasteiger partial charge in [0.25, 0.3) is 5.91 Å². The van der Waals surface area contributed by atoms with Crippen LogP contribution in [0.4, 0.5) is 0 Å². The molecule has 148 valence electrons. The molecule has 0 spiro atoms. The number of hydrogen-bond donors (Lipinski definition) is 2. The quantitative estimate of drug-likeness (QED) is 0.598. The van der Waals surface area contributed by atoms with Gasteiger partial charge in [-0.15, -0.1) is 5.10 Å². The van der Waals surface area contributed by atoms with E-state index in [1.807, 2.05) is 19.1 Å². The summed E-state index contributed by atoms with van der Waals surface area (Å²) in [4.78, 5) is 12.1. The number of halogens is 1. The standard InChI is InChI=1S/C19H21ClN4O4/c1-3-8-21-19(26)15-9-17(22-24(15)2)27-11-14-16(10-25)28-23-18(14)12-4-6-13(20)7-5-12/h4-7,9,25H,3,8,10-11H2,1-2H3,(H,21,26). The molecule has 0 atom stereocenters. The summed E-state index contributed by atoms with van der Waals surface area (Å²) in [6, 6.07) is 8.67. The fourth-order valence-electron chi connectivity index (χ4n) is 2.65. The van der Waals surface area contributed by atoms with Crippen LogP contribution in [0, 0.1) is 0 Å². The Kier molecular flexibility index (Phi) is 6.33. The third-order valence-corrected chi connectivity index (χ3v) is 4.37. The molecule has 1 amide bonds. The number of hydrogen-bond acceptors (Lipinski definition) is 6. The number of carbonyl (C=O) groups is 1. The van der Waals surface area contributed by atoms with Gasteiger partial charge in [-0.1, -0.05) is 35.8 Å². The Labute approximate surface area is 167 Å². The number of aryl methyl sites for hydroxylation is 1. The first-order valence-electron chi connectivity index (χ1n) is 8.82. The molecule has 0 bridgehead atoms. The molecule has 0 aliphatic rings. The number of nitrogens with one attached hydrogen (secondary N) is 1. The summed E-state index contributed by atoms with van der Waals surface area (Å²) in [5.41, 5.74) is 2.34. The number of nitrogens with zero attached hydrogens (tertiary/aromatic N) is 3. The van der Waals surface area contributed by atoms with E-state index >= 15 is 0 Å². The Balaban J connectivity index is 1.79. The van der Waals surface area contributed by atoms with Crippen LogP contribution in [0.5, 0.6) is 5.88 Å². The van der Waals surface area contributed by atoms with Gasteiger partial charge in [0.15, 0.2) is 5.76 Å². The van der Waals surface area contributed by atoms with E-state index in [1.54, 1.807) is 25.2 Å². The van der Waals surface area contributed by atoms with Gasteiger partial charge in [-0.25, -0.2) is 0 Å². The van der Waals surface area contributed by atoms with Crippen LogP contribution in [0.3, 0.4) is 0 Å². The molecule has 0 aliphatic heterocycles. The predicted octanol–water partition coefficient (Wildman–Crippen LogP) is 2.94. The van der Waals surface area contributed by atoms with Gasteiger partial charge in [0, 0.05) is 30.2 Å². The SMILES string of the molecule is CCCNC(=O)c1cc(OCc2c(-c3ccc(Cl)cc3)noc2CO)nn1C. The summed E-state index contributed by atoms with van der Waals surface area (Å²) in [5.74, 6) is 0.382. The van der Waals surface area contributed by atoms with E-state index in [1.165, 1.54) is 4.68 Å². The number of aliphatic hydroxyl groups excluding tert-OH is 1. The zero-order valence-corrected chi connectivity index (χ0v) is 16.4. The van der Waals surface area contributed by atoms with Crippen LogP contribution in [-0.4, -0.2) is 32.5 Å². The van der Waals surface area contributed by atoms with Gasteiger partial charge in [0.05, 0.1) is 5.56 Å². The van der Waals surface area contributed by atoms with Gasteiger partial charge in [-0.05, 0) is 18.6 Å². The lowest BCUT2D eigenvalue weighted by Crippen LogP contribution is -2.26. The van der Waals surface area contributed by atoms with E-state index in [0.29, 0.717) is 34.3 Å². The van der Waals surface area contributed by atoms with Crippen LogP contribution >= 0.6 is 11.6 Å². The number of ether oxygens (including phenoxy) is 1. The summed E-state index contributed by atoms with van der Waals surface area (Å²) < 4.78 is 12.4. The lowest BCUT2D eigenvalue weighted by molar-refractivity contribution is 0.0944. The van der Waals surface area contributed by atoms with Gasteiger partial charge in [0.1, 0.15) is 24.6 Å². The van der Waals surface area contributed by atoms with Crippen molar-refractivity contribution < 1.29 is 19.2 Å². The fourth-order valence-corrected chi connectivity index (χ4v) is 2.78. The van der Waals surface area contributed by atoms with Crippen molar-refractivity contribution in [1.29, 1.82) is 0 Å². The maximum Gasteiger partial charge on any atom is 0.269 e. The van der Waals surface area contributed by atoms with Crippen molar-refractivity contribution >= 4 is 17.5 Å². The molecule has 0 saturated carbocycles. The van der Waals surface area contributed by atoms with Gasteiger partial charge in [-0.3, -0.25) is 9.48 Å². The van der Waals surface area contributed by atoms with E-state index in [0.717, 1.165) is 12.0 Å². The number of rotatable bonds is 8. The van der Waals surface area contributed by atoms with Crippen LogP contribution < -0.4 is 10.1 Å². The lowest BCUT2D eigenvalue weighted by Gasteiger charge is -2.05. The van der Waals surface area contributed by atoms with Crippen LogP contribution in [0.15, 0.2) is 34.9 Å². The Bertz CT molecular complexity index is 950. The molecule has 1 aromatic carbocycles. The number of aliphatic hydroxyl groups is 1. The van der Waals surface area contributed by atoms with Crippen molar-refractivity contribution in [2.75, 3.05) is 6.54 Å². The molecular weight excluding hydrogens is 384 g/mol. The largest absolute Gasteiger partial charge is 0.471 e. The second-order valence-electron chi connectivity index (χ2n) is 6.13. The Hall–Kier alpha value is -2.84. The van der Waals surface area contributed by atoms with Crippen LogP contribution in [0.2, 0.25) is 5.02 Å². The molecule has 0 unspecified atom stereocenters. The van der Waals surface area contributed by atoms with E-state index < -0.39 is 0 Å². The van der Waals surface area contributed by atoms with E-state index in [2.05, 4.69) is 15.6 Å². The highest BCUT2D eigenvalue weighted by atomic mass is 35.5. The van der Waals surface area contributed by atoms with Crippen LogP contribution in [-0.2, 0) is 20.3 Å². The first kappa shape index (κ1) is 19.9. The molecule has 3 aromatic rings. The Morgan fingerprint density at radius 3 is 2.79 bits per heavy atom. The summed E-state index contributed by atoms with van der Waals surface area (Å²) in [6.45, 7) is 2.33. The molecule has 0 fully saturated rings. The molecule has 28 heavy (non-hydrogen) atoms. The molecule has 0 saturated heterocycles. The minimum absolute atomic E-state index is 0.0738. The van der Waals surface area contributed by atoms with Crippen LogP contribution in [0.1, 0.15) is 35.2 Å². The highest BCUT2D eigenvalue weighted by Gasteiger charge is 2.19. The van der Waals surface area contributed by atoms with E-state index in [4.69, 9.17) is 20.9 Å². The van der Waals surface area contributed by atoms with Gasteiger partial charge >= 0.3 is 0 Å². The molecular formula is C19H21ClN4O4. The van der Waals surface area contributed by atoms with Crippen molar-refractivity contribution in [3.63, 3.8) is 0 Å². The predicted molar refractivity (Wildman–Crippen MR) is 103 cm³/mol. The van der Waals surface area contributed by atoms with Crippen molar-refractivity contribution in [3.8, 4) is 17.1 Å². The van der Waals surface area contributed by atoms with Crippen molar-refractivity contribution in [3.05, 3.63) is 52.4 Å². The van der Waals surface area contributed by atoms with Crippen molar-refractivity contribution in [2.24, 2.45) is 7.05 Å². The first-order valence-corrected chi connectivity index (χ1v) is 9.20. The number of aromatic nitrogens is 3. The molecule has 2 N–H and O–H groups in total. The molecule has 2 heterocycles. The minimum atomic E-state index is -0.313. The van der Waals surface area contributed by atoms with Crippen molar-refractivity contribution in [2.45, 2.75) is 26.6 Å². The monoisotopic (exact) mass is 404 g/mol. The Morgan fingerprint density at radius 1 is 1.36 bits per heavy atom. The Morgan fingerprint density at radius 2 is 2.11 bits per heavy atom. The average Bonchev–Trinajstić information content (AvgIpc) is 3.28. The smallest absolute Gasteiger partial charge is 0.269 e. The number of carbonyl (C=O) groups excluding carboxylic acids is 1. The molecule has 2 aromatic heterocycles. The normalized spacial score (nSPS) is 10.9. The zero-order chi connectivity index (χ0) is 20.1. The zero-order valence-electron chi connectivity index (χ0n) is 15.6. The molecule has 8 nitrogen and oxygen atoms in total. The molecule has 9 heteroatoms. The maximum atomic E-state index is 12.1. The average molecular weight is 405 g/mol. The first-order chi connectivity index (χ1) is 13.5. The summed E-state index contributed by atoms with van der Waals surface area (Å²) >= 11 is 5.94. The fraction of sp³-hybridized carbons (Fsp3) is 0.316. The van der Waals surface area contributed by atoms with Crippen molar-refractivity contribution in [1.82, 2.24) is 20.3 Å². The molecule has 3 rings (SSSR count). The highest BCUT2D eigenvalue weighted by Crippen LogP contribution is 2.28. The second kappa shape index (κ2) is 8.90. The van der Waals surface area contributed by atoms with Gasteiger partial charge < -0.3 is 19.7 Å². The summed E-state index contributed by atoms with van der Waals surface area (Å²) in [7, 11) is 1.67. The number of amides is 1. The maximum absolute atomic E-state index is 12.1. The summed E-state index contributed by atoms with van der Waals surface area (Å²) in [6.07, 6.45) is 0.845. The third kappa shape index (κ3) is 4.35. The van der Waals surface area contributed by atoms with Crippen LogP contribution in [0.25, 0.3) is 11.3 Å².